The molecule has 7 heteroatoms. The van der Waals surface area contributed by atoms with Crippen LogP contribution in [-0.2, 0) is 6.54 Å². The third-order valence-electron chi connectivity index (χ3n) is 4.12. The van der Waals surface area contributed by atoms with Crippen molar-refractivity contribution in [2.75, 3.05) is 5.32 Å². The zero-order chi connectivity index (χ0) is 16.5. The lowest BCUT2D eigenvalue weighted by atomic mass is 9.93. The third-order valence-corrected chi connectivity index (χ3v) is 6.71. The molecule has 0 aromatic carbocycles. The topological polar surface area (TPSA) is 51.0 Å². The van der Waals surface area contributed by atoms with Crippen molar-refractivity contribution >= 4 is 54.9 Å². The van der Waals surface area contributed by atoms with Gasteiger partial charge in [-0.05, 0) is 64.8 Å². The molecule has 0 saturated carbocycles. The fourth-order valence-corrected chi connectivity index (χ4v) is 5.34. The summed E-state index contributed by atoms with van der Waals surface area (Å²) in [7, 11) is 0. The number of aromatic nitrogens is 2. The molecule has 24 heavy (non-hydrogen) atoms. The summed E-state index contributed by atoms with van der Waals surface area (Å²) in [5, 5.41) is 3.57. The van der Waals surface area contributed by atoms with Gasteiger partial charge in [-0.3, -0.25) is 0 Å². The average Bonchev–Trinajstić information content (AvgIpc) is 3.22. The maximum Gasteiger partial charge on any atom is 0.225 e. The SMILES string of the molecule is Clc1nc(NCc2ccco2)c2sc(C3CC=CCC3)c(Br)c2n1. The van der Waals surface area contributed by atoms with Crippen LogP contribution >= 0.6 is 38.9 Å². The van der Waals surface area contributed by atoms with Gasteiger partial charge in [-0.15, -0.1) is 11.3 Å². The Morgan fingerprint density at radius 2 is 2.29 bits per heavy atom. The quantitative estimate of drug-likeness (QED) is 0.404. The van der Waals surface area contributed by atoms with E-state index in [1.165, 1.54) is 4.88 Å². The summed E-state index contributed by atoms with van der Waals surface area (Å²) in [6.45, 7) is 0.562. The van der Waals surface area contributed by atoms with Crippen molar-refractivity contribution in [3.05, 3.63) is 50.9 Å². The third kappa shape index (κ3) is 3.10. The predicted molar refractivity (Wildman–Crippen MR) is 102 cm³/mol. The minimum absolute atomic E-state index is 0.248. The molecule has 3 aromatic heterocycles. The van der Waals surface area contributed by atoms with Gasteiger partial charge in [-0.2, -0.15) is 4.98 Å². The number of nitrogens with one attached hydrogen (secondary N) is 1. The highest BCUT2D eigenvalue weighted by molar-refractivity contribution is 9.10. The molecule has 1 unspecified atom stereocenters. The maximum absolute atomic E-state index is 6.14. The summed E-state index contributed by atoms with van der Waals surface area (Å²) < 4.78 is 7.45. The Balaban J connectivity index is 1.72. The first-order valence-electron chi connectivity index (χ1n) is 7.79. The maximum atomic E-state index is 6.14. The molecule has 0 bridgehead atoms. The molecular weight excluding hydrogens is 410 g/mol. The molecule has 3 aromatic rings. The molecule has 0 fully saturated rings. The van der Waals surface area contributed by atoms with Crippen LogP contribution in [0.15, 0.2) is 39.4 Å². The summed E-state index contributed by atoms with van der Waals surface area (Å²) in [5.74, 6) is 2.14. The number of hydrogen-bond donors (Lipinski definition) is 1. The molecule has 0 amide bonds. The van der Waals surface area contributed by atoms with E-state index in [0.29, 0.717) is 12.5 Å². The molecule has 124 valence electrons. The summed E-state index contributed by atoms with van der Waals surface area (Å²) in [6, 6.07) is 3.80. The lowest BCUT2D eigenvalue weighted by Crippen LogP contribution is -2.01. The lowest BCUT2D eigenvalue weighted by Gasteiger charge is -2.16. The van der Waals surface area contributed by atoms with Gasteiger partial charge in [0.2, 0.25) is 5.28 Å². The van der Waals surface area contributed by atoms with Crippen molar-refractivity contribution in [3.8, 4) is 0 Å². The number of halogens is 2. The van der Waals surface area contributed by atoms with Crippen LogP contribution in [0, 0.1) is 0 Å². The van der Waals surface area contributed by atoms with E-state index in [4.69, 9.17) is 16.0 Å². The second-order valence-corrected chi connectivity index (χ2v) is 7.90. The van der Waals surface area contributed by atoms with Gasteiger partial charge in [0.1, 0.15) is 17.1 Å². The van der Waals surface area contributed by atoms with Crippen molar-refractivity contribution < 1.29 is 4.42 Å². The van der Waals surface area contributed by atoms with Crippen LogP contribution in [0.25, 0.3) is 10.2 Å². The van der Waals surface area contributed by atoms with Crippen LogP contribution < -0.4 is 5.32 Å². The second kappa shape index (κ2) is 6.86. The molecule has 0 spiro atoms. The molecule has 0 radical (unpaired) electrons. The van der Waals surface area contributed by atoms with Gasteiger partial charge in [0.25, 0.3) is 0 Å². The number of furan rings is 1. The highest BCUT2D eigenvalue weighted by atomic mass is 79.9. The van der Waals surface area contributed by atoms with E-state index in [2.05, 4.69) is 43.4 Å². The van der Waals surface area contributed by atoms with Gasteiger partial charge in [-0.25, -0.2) is 4.98 Å². The van der Waals surface area contributed by atoms with Crippen molar-refractivity contribution in [3.63, 3.8) is 0 Å². The van der Waals surface area contributed by atoms with Crippen molar-refractivity contribution in [1.82, 2.24) is 9.97 Å². The highest BCUT2D eigenvalue weighted by Crippen LogP contribution is 2.45. The van der Waals surface area contributed by atoms with E-state index in [9.17, 15) is 0 Å². The lowest BCUT2D eigenvalue weighted by molar-refractivity contribution is 0.518. The largest absolute Gasteiger partial charge is 0.467 e. The van der Waals surface area contributed by atoms with Gasteiger partial charge in [-0.1, -0.05) is 12.2 Å². The number of hydrogen-bond acceptors (Lipinski definition) is 5. The summed E-state index contributed by atoms with van der Waals surface area (Å²) in [6.07, 6.45) is 9.54. The Morgan fingerprint density at radius 3 is 3.04 bits per heavy atom. The van der Waals surface area contributed by atoms with Crippen LogP contribution in [0.2, 0.25) is 5.28 Å². The monoisotopic (exact) mass is 423 g/mol. The van der Waals surface area contributed by atoms with E-state index < -0.39 is 0 Å². The van der Waals surface area contributed by atoms with Crippen molar-refractivity contribution in [2.24, 2.45) is 0 Å². The molecule has 1 atom stereocenters. The Kier molecular flexibility index (Phi) is 4.61. The van der Waals surface area contributed by atoms with Crippen LogP contribution in [0.5, 0.6) is 0 Å². The fourth-order valence-electron chi connectivity index (χ4n) is 2.94. The van der Waals surface area contributed by atoms with Gasteiger partial charge in [0, 0.05) is 4.88 Å². The Hall–Kier alpha value is -1.37. The van der Waals surface area contributed by atoms with Crippen molar-refractivity contribution in [1.29, 1.82) is 0 Å². The van der Waals surface area contributed by atoms with E-state index in [1.807, 2.05) is 12.1 Å². The molecule has 4 nitrogen and oxygen atoms in total. The summed E-state index contributed by atoms with van der Waals surface area (Å²) >= 11 is 11.6. The van der Waals surface area contributed by atoms with E-state index in [0.717, 1.165) is 45.5 Å². The molecule has 4 rings (SSSR count). The fraction of sp³-hybridized carbons (Fsp3) is 0.294. The van der Waals surface area contributed by atoms with Gasteiger partial charge >= 0.3 is 0 Å². The molecule has 0 aliphatic heterocycles. The average molecular weight is 425 g/mol. The zero-order valence-electron chi connectivity index (χ0n) is 12.8. The Bertz CT molecular complexity index is 891. The molecule has 1 N–H and O–H groups in total. The Labute approximate surface area is 157 Å². The van der Waals surface area contributed by atoms with Gasteiger partial charge in [0.15, 0.2) is 0 Å². The van der Waals surface area contributed by atoms with Crippen molar-refractivity contribution in [2.45, 2.75) is 31.7 Å². The second-order valence-electron chi connectivity index (χ2n) is 5.71. The van der Waals surface area contributed by atoms with E-state index in [-0.39, 0.29) is 5.28 Å². The zero-order valence-corrected chi connectivity index (χ0v) is 15.9. The normalized spacial score (nSPS) is 17.5. The predicted octanol–water partition coefficient (Wildman–Crippen LogP) is 6.14. The molecular formula is C17H15BrClN3OS. The first kappa shape index (κ1) is 16.1. The van der Waals surface area contributed by atoms with Crippen LogP contribution in [-0.4, -0.2) is 9.97 Å². The number of nitrogens with zero attached hydrogens (tertiary/aromatic N) is 2. The van der Waals surface area contributed by atoms with E-state index in [1.54, 1.807) is 17.6 Å². The molecule has 3 heterocycles. The minimum Gasteiger partial charge on any atom is -0.467 e. The molecule has 1 aliphatic rings. The molecule has 1 aliphatic carbocycles. The summed E-state index contributed by atoms with van der Waals surface area (Å²) in [5.41, 5.74) is 0.881. The smallest absolute Gasteiger partial charge is 0.225 e. The van der Waals surface area contributed by atoms with Crippen LogP contribution in [0.3, 0.4) is 0 Å². The van der Waals surface area contributed by atoms with Crippen LogP contribution in [0.4, 0.5) is 5.82 Å². The minimum atomic E-state index is 0.248. The number of anilines is 1. The summed E-state index contributed by atoms with van der Waals surface area (Å²) in [4.78, 5) is 10.1. The first-order chi connectivity index (χ1) is 11.7. The number of fused-ring (bicyclic) bond motifs is 1. The highest BCUT2D eigenvalue weighted by Gasteiger charge is 2.23. The molecule has 0 saturated heterocycles. The van der Waals surface area contributed by atoms with E-state index >= 15 is 0 Å². The number of allylic oxidation sites excluding steroid dienone is 2. The number of rotatable bonds is 4. The van der Waals surface area contributed by atoms with Crippen LogP contribution in [0.1, 0.15) is 35.8 Å². The Morgan fingerprint density at radius 1 is 1.38 bits per heavy atom. The number of thiophene rings is 1. The first-order valence-corrected chi connectivity index (χ1v) is 9.78. The van der Waals surface area contributed by atoms with Gasteiger partial charge in [0.05, 0.1) is 22.0 Å². The standard InChI is InChI=1S/C17H15BrClN3OS/c18-12-13-15(24-14(12)10-5-2-1-3-6-10)16(22-17(19)21-13)20-9-11-7-4-8-23-11/h1-2,4,7-8,10H,3,5-6,9H2,(H,20,21,22). The van der Waals surface area contributed by atoms with Gasteiger partial charge < -0.3 is 9.73 Å².